The van der Waals surface area contributed by atoms with E-state index >= 15 is 0 Å². The van der Waals surface area contributed by atoms with Gasteiger partial charge in [-0.1, -0.05) is 13.8 Å². The molecule has 1 aromatic heterocycles. The number of nitrogens with zero attached hydrogens (tertiary/aromatic N) is 1. The van der Waals surface area contributed by atoms with Crippen LogP contribution in [0.2, 0.25) is 0 Å². The Hall–Kier alpha value is -1.14. The maximum absolute atomic E-state index is 12.3. The average molecular weight is 283 g/mol. The minimum Gasteiger partial charge on any atom is -0.398 e. The maximum Gasteiger partial charge on any atom is 0.244 e. The predicted molar refractivity (Wildman–Crippen MR) is 75.0 cm³/mol. The number of hydrogen-bond donors (Lipinski definition) is 2. The maximum atomic E-state index is 12.3. The average Bonchev–Trinajstić information content (AvgIpc) is 2.32. The van der Waals surface area contributed by atoms with E-state index < -0.39 is 10.0 Å². The van der Waals surface area contributed by atoms with Crippen LogP contribution < -0.4 is 10.5 Å². The van der Waals surface area contributed by atoms with Gasteiger partial charge >= 0.3 is 0 Å². The molecule has 1 aromatic rings. The van der Waals surface area contributed by atoms with Crippen molar-refractivity contribution in [1.29, 1.82) is 0 Å². The molecule has 0 unspecified atom stereocenters. The quantitative estimate of drug-likeness (QED) is 0.887. The van der Waals surface area contributed by atoms with Crippen LogP contribution in [0.15, 0.2) is 23.4 Å². The van der Waals surface area contributed by atoms with Gasteiger partial charge < -0.3 is 5.73 Å². The molecule has 3 N–H and O–H groups in total. The molecule has 0 aliphatic heterocycles. The third-order valence-corrected chi connectivity index (χ3v) is 5.33. The van der Waals surface area contributed by atoms with Crippen LogP contribution in [0.25, 0.3) is 0 Å². The van der Waals surface area contributed by atoms with Gasteiger partial charge in [0.25, 0.3) is 0 Å². The molecule has 19 heavy (non-hydrogen) atoms. The lowest BCUT2D eigenvalue weighted by atomic mass is 9.76. The van der Waals surface area contributed by atoms with Gasteiger partial charge in [0.2, 0.25) is 10.0 Å². The summed E-state index contributed by atoms with van der Waals surface area (Å²) in [5.41, 5.74) is 6.25. The highest BCUT2D eigenvalue weighted by Crippen LogP contribution is 2.35. The Morgan fingerprint density at radius 3 is 2.58 bits per heavy atom. The number of sulfonamides is 1. The summed E-state index contributed by atoms with van der Waals surface area (Å²) in [5, 5.41) is 0. The number of nitrogens with two attached hydrogens (primary N) is 1. The first-order valence-corrected chi connectivity index (χ1v) is 8.00. The van der Waals surface area contributed by atoms with Crippen molar-refractivity contribution in [2.24, 2.45) is 5.41 Å². The second-order valence-electron chi connectivity index (χ2n) is 5.97. The molecule has 0 amide bonds. The fourth-order valence-corrected chi connectivity index (χ4v) is 3.79. The standard InChI is InChI=1S/C13H21N3O2S/c1-13(2)6-3-10(4-7-13)16-19(17,18)12-9-15-8-5-11(12)14/h5,8-10,16H,3-4,6-7H2,1-2H3,(H2,14,15). The third-order valence-electron chi connectivity index (χ3n) is 3.77. The summed E-state index contributed by atoms with van der Waals surface area (Å²) in [6.45, 7) is 4.44. The van der Waals surface area contributed by atoms with Gasteiger partial charge in [-0.15, -0.1) is 0 Å². The van der Waals surface area contributed by atoms with E-state index in [4.69, 9.17) is 5.73 Å². The summed E-state index contributed by atoms with van der Waals surface area (Å²) in [4.78, 5) is 3.90. The lowest BCUT2D eigenvalue weighted by Crippen LogP contribution is -2.39. The van der Waals surface area contributed by atoms with Gasteiger partial charge in [-0.2, -0.15) is 0 Å². The molecule has 2 rings (SSSR count). The summed E-state index contributed by atoms with van der Waals surface area (Å²) in [6.07, 6.45) is 6.58. The SMILES string of the molecule is CC1(C)CCC(NS(=O)(=O)c2cnccc2N)CC1. The zero-order valence-corrected chi connectivity index (χ0v) is 12.2. The van der Waals surface area contributed by atoms with E-state index in [9.17, 15) is 8.42 Å². The number of pyridine rings is 1. The van der Waals surface area contributed by atoms with E-state index in [0.717, 1.165) is 25.7 Å². The summed E-state index contributed by atoms with van der Waals surface area (Å²) < 4.78 is 27.2. The molecule has 0 radical (unpaired) electrons. The highest BCUT2D eigenvalue weighted by Gasteiger charge is 2.30. The summed E-state index contributed by atoms with van der Waals surface area (Å²) in [7, 11) is -3.57. The second-order valence-corrected chi connectivity index (χ2v) is 7.66. The predicted octanol–water partition coefficient (Wildman–Crippen LogP) is 1.91. The lowest BCUT2D eigenvalue weighted by Gasteiger charge is -2.34. The van der Waals surface area contributed by atoms with E-state index in [-0.39, 0.29) is 16.6 Å². The number of hydrogen-bond acceptors (Lipinski definition) is 4. The molecule has 0 saturated heterocycles. The van der Waals surface area contributed by atoms with E-state index in [2.05, 4.69) is 23.6 Å². The minimum absolute atomic E-state index is 0.00219. The van der Waals surface area contributed by atoms with E-state index in [1.807, 2.05) is 0 Å². The van der Waals surface area contributed by atoms with Crippen LogP contribution in [-0.4, -0.2) is 19.4 Å². The van der Waals surface area contributed by atoms with Gasteiger partial charge in [-0.25, -0.2) is 13.1 Å². The van der Waals surface area contributed by atoms with E-state index in [0.29, 0.717) is 5.41 Å². The fourth-order valence-electron chi connectivity index (χ4n) is 2.42. The van der Waals surface area contributed by atoms with E-state index in [1.54, 1.807) is 0 Å². The summed E-state index contributed by atoms with van der Waals surface area (Å²) >= 11 is 0. The number of nitrogen functional groups attached to an aromatic ring is 1. The zero-order valence-electron chi connectivity index (χ0n) is 11.4. The van der Waals surface area contributed by atoms with Crippen LogP contribution in [0, 0.1) is 5.41 Å². The van der Waals surface area contributed by atoms with E-state index in [1.165, 1.54) is 18.5 Å². The van der Waals surface area contributed by atoms with Crippen molar-refractivity contribution in [3.63, 3.8) is 0 Å². The number of anilines is 1. The Bertz CT molecular complexity index is 545. The number of rotatable bonds is 3. The molecule has 1 heterocycles. The third kappa shape index (κ3) is 3.45. The van der Waals surface area contributed by atoms with Crippen molar-refractivity contribution in [1.82, 2.24) is 9.71 Å². The fraction of sp³-hybridized carbons (Fsp3) is 0.615. The molecule has 1 aliphatic carbocycles. The van der Waals surface area contributed by atoms with Crippen molar-refractivity contribution in [2.75, 3.05) is 5.73 Å². The Morgan fingerprint density at radius 2 is 2.00 bits per heavy atom. The van der Waals surface area contributed by atoms with Crippen LogP contribution in [0.4, 0.5) is 5.69 Å². The Morgan fingerprint density at radius 1 is 1.37 bits per heavy atom. The molecule has 6 heteroatoms. The van der Waals surface area contributed by atoms with Crippen molar-refractivity contribution >= 4 is 15.7 Å². The van der Waals surface area contributed by atoms with Crippen molar-refractivity contribution < 1.29 is 8.42 Å². The Kier molecular flexibility index (Phi) is 3.82. The first-order valence-electron chi connectivity index (χ1n) is 6.52. The molecule has 106 valence electrons. The normalized spacial score (nSPS) is 20.3. The minimum atomic E-state index is -3.57. The van der Waals surface area contributed by atoms with Gasteiger partial charge in [0.1, 0.15) is 4.90 Å². The van der Waals surface area contributed by atoms with Gasteiger partial charge in [0.15, 0.2) is 0 Å². The molecular weight excluding hydrogens is 262 g/mol. The first kappa shape index (κ1) is 14.3. The monoisotopic (exact) mass is 283 g/mol. The Balaban J connectivity index is 2.09. The van der Waals surface area contributed by atoms with Crippen LogP contribution in [0.1, 0.15) is 39.5 Å². The summed E-state index contributed by atoms with van der Waals surface area (Å²) in [5.74, 6) is 0. The molecule has 1 fully saturated rings. The Labute approximate surface area is 114 Å². The molecule has 0 bridgehead atoms. The molecule has 1 saturated carbocycles. The van der Waals surface area contributed by atoms with Crippen LogP contribution in [-0.2, 0) is 10.0 Å². The smallest absolute Gasteiger partial charge is 0.244 e. The number of aromatic nitrogens is 1. The highest BCUT2D eigenvalue weighted by atomic mass is 32.2. The second kappa shape index (κ2) is 5.09. The molecule has 0 spiro atoms. The first-order chi connectivity index (χ1) is 8.80. The van der Waals surface area contributed by atoms with Crippen molar-refractivity contribution in [3.8, 4) is 0 Å². The molecule has 5 nitrogen and oxygen atoms in total. The lowest BCUT2D eigenvalue weighted by molar-refractivity contribution is 0.218. The van der Waals surface area contributed by atoms with Crippen LogP contribution >= 0.6 is 0 Å². The van der Waals surface area contributed by atoms with Gasteiger partial charge in [0, 0.05) is 18.4 Å². The zero-order chi connectivity index (χ0) is 14.1. The molecule has 0 atom stereocenters. The van der Waals surface area contributed by atoms with Crippen LogP contribution in [0.5, 0.6) is 0 Å². The van der Waals surface area contributed by atoms with Crippen molar-refractivity contribution in [3.05, 3.63) is 18.5 Å². The topological polar surface area (TPSA) is 85.1 Å². The molecule has 0 aromatic carbocycles. The molecule has 1 aliphatic rings. The van der Waals surface area contributed by atoms with Crippen LogP contribution in [0.3, 0.4) is 0 Å². The van der Waals surface area contributed by atoms with Gasteiger partial charge in [0.05, 0.1) is 5.69 Å². The van der Waals surface area contributed by atoms with Gasteiger partial charge in [-0.3, -0.25) is 4.98 Å². The van der Waals surface area contributed by atoms with Crippen molar-refractivity contribution in [2.45, 2.75) is 50.5 Å². The summed E-state index contributed by atoms with van der Waals surface area (Å²) in [6, 6.07) is 1.50. The largest absolute Gasteiger partial charge is 0.398 e. The van der Waals surface area contributed by atoms with Gasteiger partial charge in [-0.05, 0) is 37.2 Å². The molecular formula is C13H21N3O2S. The highest BCUT2D eigenvalue weighted by molar-refractivity contribution is 7.89. The number of nitrogens with one attached hydrogen (secondary N) is 1.